The van der Waals surface area contributed by atoms with Crippen molar-refractivity contribution in [3.63, 3.8) is 0 Å². The van der Waals surface area contributed by atoms with Crippen LogP contribution in [0.2, 0.25) is 0 Å². The predicted molar refractivity (Wildman–Crippen MR) is 177 cm³/mol. The molecule has 4 aromatic rings. The molecule has 1 N–H and O–H groups in total. The van der Waals surface area contributed by atoms with Crippen LogP contribution in [0.3, 0.4) is 0 Å². The lowest BCUT2D eigenvalue weighted by molar-refractivity contribution is -0.138. The van der Waals surface area contributed by atoms with Crippen molar-refractivity contribution >= 4 is 11.9 Å². The van der Waals surface area contributed by atoms with Crippen LogP contribution < -0.4 is 14.4 Å². The van der Waals surface area contributed by atoms with Gasteiger partial charge in [-0.05, 0) is 92.1 Å². The Kier molecular flexibility index (Phi) is 11.5. The quantitative estimate of drug-likeness (QED) is 0.136. The molecule has 3 aromatic carbocycles. The van der Waals surface area contributed by atoms with Crippen LogP contribution in [0.4, 0.5) is 19.1 Å². The fourth-order valence-corrected chi connectivity index (χ4v) is 5.62. The van der Waals surface area contributed by atoms with Crippen LogP contribution in [0.5, 0.6) is 11.5 Å². The normalized spacial score (nSPS) is 11.5. The van der Waals surface area contributed by atoms with E-state index in [-0.39, 0.29) is 25.5 Å². The number of carboxylic acids is 1. The van der Waals surface area contributed by atoms with Gasteiger partial charge in [-0.2, -0.15) is 13.2 Å². The van der Waals surface area contributed by atoms with E-state index in [2.05, 4.69) is 55.0 Å². The van der Waals surface area contributed by atoms with Crippen LogP contribution in [0.25, 0.3) is 11.1 Å². The molecule has 0 atom stereocenters. The summed E-state index contributed by atoms with van der Waals surface area (Å²) in [7, 11) is 0. The number of carbonyl (C=O) groups is 1. The van der Waals surface area contributed by atoms with E-state index >= 15 is 0 Å². The van der Waals surface area contributed by atoms with Gasteiger partial charge >= 0.3 is 12.1 Å². The number of alkyl halides is 3. The molecule has 0 unspecified atom stereocenters. The number of aryl methyl sites for hydroxylation is 3. The van der Waals surface area contributed by atoms with Crippen molar-refractivity contribution in [3.8, 4) is 22.6 Å². The summed E-state index contributed by atoms with van der Waals surface area (Å²) >= 11 is 0. The summed E-state index contributed by atoms with van der Waals surface area (Å²) in [6, 6.07) is 14.5. The number of hydrogen-bond acceptors (Lipinski definition) is 6. The van der Waals surface area contributed by atoms with Crippen LogP contribution in [0.1, 0.15) is 78.5 Å². The van der Waals surface area contributed by atoms with Gasteiger partial charge in [-0.3, -0.25) is 4.79 Å². The van der Waals surface area contributed by atoms with Gasteiger partial charge < -0.3 is 19.5 Å². The van der Waals surface area contributed by atoms with Gasteiger partial charge in [0, 0.05) is 25.1 Å². The molecule has 47 heavy (non-hydrogen) atoms. The molecule has 0 bridgehead atoms. The van der Waals surface area contributed by atoms with Gasteiger partial charge in [0.1, 0.15) is 5.75 Å². The highest BCUT2D eigenvalue weighted by molar-refractivity contribution is 5.76. The van der Waals surface area contributed by atoms with Crippen LogP contribution in [0.15, 0.2) is 60.9 Å². The molecule has 0 spiro atoms. The maximum absolute atomic E-state index is 13.8. The number of aliphatic carboxylic acids is 1. The number of benzene rings is 3. The molecule has 1 heterocycles. The van der Waals surface area contributed by atoms with Crippen molar-refractivity contribution in [3.05, 3.63) is 99.9 Å². The second-order valence-corrected chi connectivity index (χ2v) is 12.1. The van der Waals surface area contributed by atoms with Crippen molar-refractivity contribution in [2.75, 3.05) is 18.1 Å². The van der Waals surface area contributed by atoms with E-state index in [0.29, 0.717) is 42.4 Å². The molecule has 1 aromatic heterocycles. The lowest BCUT2D eigenvalue weighted by Crippen LogP contribution is -2.25. The van der Waals surface area contributed by atoms with Crippen LogP contribution in [0, 0.1) is 20.8 Å². The topological polar surface area (TPSA) is 84.8 Å². The van der Waals surface area contributed by atoms with E-state index in [1.54, 1.807) is 13.0 Å². The average Bonchev–Trinajstić information content (AvgIpc) is 2.99. The Balaban J connectivity index is 1.78. The number of anilines is 1. The van der Waals surface area contributed by atoms with Crippen LogP contribution >= 0.6 is 0 Å². The smallest absolute Gasteiger partial charge is 0.416 e. The maximum atomic E-state index is 13.8. The standard InChI is InChI=1S/C37H42F3N3O4/c1-7-46-34-16-26(6)32(23(2)3)18-33(34)31-11-10-24(4)14-28(31)22-43(21-27-13-25(5)15-29(17-27)37(38,39)40)36-41-19-30(20-42-36)47-12-8-9-35(44)45/h10-11,13-20,23H,7-9,12,21-22H2,1-6H3,(H,44,45). The maximum Gasteiger partial charge on any atom is 0.416 e. The first kappa shape index (κ1) is 35.3. The molecular weight excluding hydrogens is 607 g/mol. The van der Waals surface area contributed by atoms with Gasteiger partial charge in [0.2, 0.25) is 5.95 Å². The lowest BCUT2D eigenvalue weighted by atomic mass is 9.90. The van der Waals surface area contributed by atoms with Crippen molar-refractivity contribution < 1.29 is 32.5 Å². The van der Waals surface area contributed by atoms with Gasteiger partial charge in [0.15, 0.2) is 5.75 Å². The third-order valence-electron chi connectivity index (χ3n) is 7.74. The Hall–Kier alpha value is -4.60. The number of ether oxygens (including phenoxy) is 2. The Labute approximate surface area is 274 Å². The SMILES string of the molecule is CCOc1cc(C)c(C(C)C)cc1-c1ccc(C)cc1CN(Cc1cc(C)cc(C(F)(F)F)c1)c1ncc(OCCCC(=O)O)cn1. The summed E-state index contributed by atoms with van der Waals surface area (Å²) in [4.78, 5) is 21.7. The molecule has 10 heteroatoms. The first-order valence-electron chi connectivity index (χ1n) is 15.7. The zero-order chi connectivity index (χ0) is 34.3. The Morgan fingerprint density at radius 1 is 0.915 bits per heavy atom. The second kappa shape index (κ2) is 15.3. The zero-order valence-electron chi connectivity index (χ0n) is 27.7. The monoisotopic (exact) mass is 649 g/mol. The summed E-state index contributed by atoms with van der Waals surface area (Å²) in [5.74, 6) is 0.822. The molecule has 0 saturated heterocycles. The molecule has 7 nitrogen and oxygen atoms in total. The van der Waals surface area contributed by atoms with Gasteiger partial charge in [0.25, 0.3) is 0 Å². The highest BCUT2D eigenvalue weighted by atomic mass is 19.4. The van der Waals surface area contributed by atoms with Gasteiger partial charge in [-0.25, -0.2) is 9.97 Å². The number of hydrogen-bond donors (Lipinski definition) is 1. The number of aromatic nitrogens is 2. The molecule has 0 saturated carbocycles. The molecule has 0 aliphatic rings. The van der Waals surface area contributed by atoms with Crippen molar-refractivity contribution in [2.45, 2.75) is 79.6 Å². The Morgan fingerprint density at radius 2 is 1.64 bits per heavy atom. The summed E-state index contributed by atoms with van der Waals surface area (Å²) in [6.45, 7) is 13.1. The largest absolute Gasteiger partial charge is 0.493 e. The number of halogens is 3. The lowest BCUT2D eigenvalue weighted by Gasteiger charge is -2.26. The molecule has 0 fully saturated rings. The molecule has 0 amide bonds. The fraction of sp³-hybridized carbons (Fsp3) is 0.378. The van der Waals surface area contributed by atoms with Gasteiger partial charge in [-0.15, -0.1) is 0 Å². The number of nitrogens with zero attached hydrogens (tertiary/aromatic N) is 3. The second-order valence-electron chi connectivity index (χ2n) is 12.1. The summed E-state index contributed by atoms with van der Waals surface area (Å²) < 4.78 is 53.1. The van der Waals surface area contributed by atoms with E-state index < -0.39 is 17.7 Å². The van der Waals surface area contributed by atoms with Gasteiger partial charge in [0.05, 0.1) is 31.2 Å². The highest BCUT2D eigenvalue weighted by Gasteiger charge is 2.31. The third kappa shape index (κ3) is 9.47. The van der Waals surface area contributed by atoms with E-state index in [1.165, 1.54) is 24.0 Å². The Bertz CT molecular complexity index is 1690. The molecule has 0 aliphatic heterocycles. The minimum Gasteiger partial charge on any atom is -0.493 e. The number of rotatable bonds is 14. The first-order chi connectivity index (χ1) is 22.2. The predicted octanol–water partition coefficient (Wildman–Crippen LogP) is 9.06. The molecular formula is C37H42F3N3O4. The van der Waals surface area contributed by atoms with Crippen LogP contribution in [-0.2, 0) is 24.1 Å². The van der Waals surface area contributed by atoms with E-state index in [4.69, 9.17) is 14.6 Å². The van der Waals surface area contributed by atoms with E-state index in [0.717, 1.165) is 39.6 Å². The summed E-state index contributed by atoms with van der Waals surface area (Å²) in [5.41, 5.74) is 6.45. The van der Waals surface area contributed by atoms with Crippen molar-refractivity contribution in [1.29, 1.82) is 0 Å². The van der Waals surface area contributed by atoms with E-state index in [9.17, 15) is 18.0 Å². The third-order valence-corrected chi connectivity index (χ3v) is 7.74. The van der Waals surface area contributed by atoms with Gasteiger partial charge in [-0.1, -0.05) is 49.2 Å². The summed E-state index contributed by atoms with van der Waals surface area (Å²) in [6.07, 6.45) is -1.19. The first-order valence-corrected chi connectivity index (χ1v) is 15.7. The molecule has 4 rings (SSSR count). The molecule has 0 aliphatic carbocycles. The summed E-state index contributed by atoms with van der Waals surface area (Å²) in [5, 5.41) is 8.88. The fourth-order valence-electron chi connectivity index (χ4n) is 5.62. The molecule has 0 radical (unpaired) electrons. The van der Waals surface area contributed by atoms with Crippen molar-refractivity contribution in [1.82, 2.24) is 9.97 Å². The number of carboxylic acid groups (broad SMARTS) is 1. The minimum absolute atomic E-state index is 0.0212. The van der Waals surface area contributed by atoms with E-state index in [1.807, 2.05) is 24.8 Å². The minimum atomic E-state index is -4.49. The average molecular weight is 650 g/mol. The van der Waals surface area contributed by atoms with Crippen molar-refractivity contribution in [2.24, 2.45) is 0 Å². The van der Waals surface area contributed by atoms with Crippen LogP contribution in [-0.4, -0.2) is 34.3 Å². The zero-order valence-corrected chi connectivity index (χ0v) is 27.7. The highest BCUT2D eigenvalue weighted by Crippen LogP contribution is 2.38. The Morgan fingerprint density at radius 3 is 2.28 bits per heavy atom. The molecule has 250 valence electrons.